The first-order chi connectivity index (χ1) is 13.2. The Kier molecular flexibility index (Phi) is 5.74. The number of rotatable bonds is 5. The van der Waals surface area contributed by atoms with Crippen LogP contribution in [0, 0.1) is 5.92 Å². The molecule has 0 N–H and O–H groups in total. The van der Waals surface area contributed by atoms with Crippen molar-refractivity contribution in [2.45, 2.75) is 38.2 Å². The van der Waals surface area contributed by atoms with Gasteiger partial charge in [0.2, 0.25) is 0 Å². The number of carbonyl (C=O) groups excluding carboxylic acids is 1. The number of hydrogen-bond donors (Lipinski definition) is 0. The number of aromatic nitrogens is 1. The first-order valence-corrected chi connectivity index (χ1v) is 10.5. The van der Waals surface area contributed by atoms with Crippen molar-refractivity contribution in [3.05, 3.63) is 45.9 Å². The van der Waals surface area contributed by atoms with E-state index >= 15 is 0 Å². The van der Waals surface area contributed by atoms with Crippen molar-refractivity contribution in [2.24, 2.45) is 5.92 Å². The van der Waals surface area contributed by atoms with E-state index in [0.717, 1.165) is 67.4 Å². The van der Waals surface area contributed by atoms with Crippen LogP contribution in [0.4, 0.5) is 0 Å². The summed E-state index contributed by atoms with van der Waals surface area (Å²) in [6, 6.07) is 8.22. The quantitative estimate of drug-likeness (QED) is 0.776. The third-order valence-electron chi connectivity index (χ3n) is 5.54. The molecule has 1 atom stereocenters. The number of ether oxygens (including phenoxy) is 2. The molecule has 0 radical (unpaired) electrons. The van der Waals surface area contributed by atoms with Gasteiger partial charge in [0.25, 0.3) is 5.91 Å². The molecule has 1 unspecified atom stereocenters. The third kappa shape index (κ3) is 4.17. The molecule has 1 aromatic heterocycles. The van der Waals surface area contributed by atoms with E-state index in [-0.39, 0.29) is 12.0 Å². The van der Waals surface area contributed by atoms with E-state index in [2.05, 4.69) is 17.1 Å². The Balaban J connectivity index is 1.33. The van der Waals surface area contributed by atoms with Gasteiger partial charge in [-0.05, 0) is 49.7 Å². The molecule has 0 spiro atoms. The second-order valence-electron chi connectivity index (χ2n) is 7.32. The van der Waals surface area contributed by atoms with Crippen molar-refractivity contribution in [2.75, 3.05) is 26.8 Å². The molecule has 2 saturated heterocycles. The summed E-state index contributed by atoms with van der Waals surface area (Å²) in [7, 11) is 1.72. The molecule has 144 valence electrons. The number of para-hydroxylation sites is 1. The van der Waals surface area contributed by atoms with Crippen LogP contribution in [0.3, 0.4) is 0 Å². The zero-order valence-corrected chi connectivity index (χ0v) is 16.5. The minimum Gasteiger partial charge on any atom is -0.496 e. The van der Waals surface area contributed by atoms with Gasteiger partial charge in [-0.2, -0.15) is 0 Å². The van der Waals surface area contributed by atoms with Crippen molar-refractivity contribution in [1.29, 1.82) is 0 Å². The van der Waals surface area contributed by atoms with E-state index in [0.29, 0.717) is 5.92 Å². The lowest BCUT2D eigenvalue weighted by Gasteiger charge is -2.32. The van der Waals surface area contributed by atoms with Crippen LogP contribution >= 0.6 is 11.3 Å². The third-order valence-corrected chi connectivity index (χ3v) is 6.62. The van der Waals surface area contributed by atoms with E-state index < -0.39 is 0 Å². The minimum absolute atomic E-state index is 0.0862. The standard InChI is InChI=1S/C21H26N2O3S/c1-25-17-6-3-2-5-16(17)13-15-8-10-23(11-9-15)21(24)19-14-22-20(27-19)18-7-4-12-26-18/h2-3,5-6,14-15,18H,4,7-13H2,1H3. The van der Waals surface area contributed by atoms with Crippen molar-refractivity contribution >= 4 is 17.2 Å². The topological polar surface area (TPSA) is 51.7 Å². The number of likely N-dealkylation sites (tertiary alicyclic amines) is 1. The summed E-state index contributed by atoms with van der Waals surface area (Å²) in [5.74, 6) is 1.67. The Labute approximate surface area is 164 Å². The number of hydrogen-bond acceptors (Lipinski definition) is 5. The molecule has 0 saturated carbocycles. The van der Waals surface area contributed by atoms with Crippen LogP contribution < -0.4 is 4.74 Å². The zero-order chi connectivity index (χ0) is 18.6. The van der Waals surface area contributed by atoms with Gasteiger partial charge >= 0.3 is 0 Å². The van der Waals surface area contributed by atoms with Crippen LogP contribution in [0.25, 0.3) is 0 Å². The monoisotopic (exact) mass is 386 g/mol. The lowest BCUT2D eigenvalue weighted by atomic mass is 9.90. The molecule has 0 bridgehead atoms. The van der Waals surface area contributed by atoms with Crippen LogP contribution in [0.15, 0.2) is 30.5 Å². The maximum Gasteiger partial charge on any atom is 0.265 e. The van der Waals surface area contributed by atoms with Crippen LogP contribution in [-0.2, 0) is 11.2 Å². The molecule has 2 aromatic rings. The Morgan fingerprint density at radius 1 is 1.30 bits per heavy atom. The van der Waals surface area contributed by atoms with Gasteiger partial charge in [0.15, 0.2) is 0 Å². The summed E-state index contributed by atoms with van der Waals surface area (Å²) >= 11 is 1.50. The molecule has 27 heavy (non-hydrogen) atoms. The van der Waals surface area contributed by atoms with Gasteiger partial charge in [-0.1, -0.05) is 18.2 Å². The summed E-state index contributed by atoms with van der Waals surface area (Å²) in [6.07, 6.45) is 6.97. The second kappa shape index (κ2) is 8.40. The largest absolute Gasteiger partial charge is 0.496 e. The molecular formula is C21H26N2O3S. The maximum atomic E-state index is 12.8. The number of carbonyl (C=O) groups is 1. The van der Waals surface area contributed by atoms with E-state index in [4.69, 9.17) is 9.47 Å². The van der Waals surface area contributed by atoms with Crippen molar-refractivity contribution in [1.82, 2.24) is 9.88 Å². The highest BCUT2D eigenvalue weighted by Gasteiger charge is 2.27. The molecule has 5 nitrogen and oxygen atoms in total. The summed E-state index contributed by atoms with van der Waals surface area (Å²) < 4.78 is 11.1. The normalized spacial score (nSPS) is 20.8. The van der Waals surface area contributed by atoms with Gasteiger partial charge in [0.1, 0.15) is 21.7 Å². The van der Waals surface area contributed by atoms with Crippen LogP contribution in [0.2, 0.25) is 0 Å². The Morgan fingerprint density at radius 3 is 2.85 bits per heavy atom. The Hall–Kier alpha value is -1.92. The zero-order valence-electron chi connectivity index (χ0n) is 15.7. The van der Waals surface area contributed by atoms with E-state index in [1.54, 1.807) is 13.3 Å². The minimum atomic E-state index is 0.0862. The number of benzene rings is 1. The van der Waals surface area contributed by atoms with E-state index in [9.17, 15) is 4.79 Å². The molecular weight excluding hydrogens is 360 g/mol. The number of amides is 1. The Bertz CT molecular complexity index is 777. The van der Waals surface area contributed by atoms with Crippen molar-refractivity contribution in [3.63, 3.8) is 0 Å². The maximum absolute atomic E-state index is 12.8. The average Bonchev–Trinajstić information content (AvgIpc) is 3.40. The van der Waals surface area contributed by atoms with E-state index in [1.807, 2.05) is 17.0 Å². The molecule has 2 fully saturated rings. The number of nitrogens with zero attached hydrogens (tertiary/aromatic N) is 2. The molecule has 6 heteroatoms. The number of thiazole rings is 1. The molecule has 3 heterocycles. The van der Waals surface area contributed by atoms with Gasteiger partial charge in [-0.15, -0.1) is 11.3 Å². The van der Waals surface area contributed by atoms with E-state index in [1.165, 1.54) is 16.9 Å². The highest BCUT2D eigenvalue weighted by atomic mass is 32.1. The molecule has 4 rings (SSSR count). The molecule has 1 aromatic carbocycles. The second-order valence-corrected chi connectivity index (χ2v) is 8.38. The predicted molar refractivity (Wildman–Crippen MR) is 105 cm³/mol. The van der Waals surface area contributed by atoms with Gasteiger partial charge in [-0.25, -0.2) is 4.98 Å². The van der Waals surface area contributed by atoms with Gasteiger partial charge in [0, 0.05) is 19.7 Å². The molecule has 1 amide bonds. The lowest BCUT2D eigenvalue weighted by molar-refractivity contribution is 0.0695. The fourth-order valence-electron chi connectivity index (χ4n) is 3.99. The average molecular weight is 387 g/mol. The highest BCUT2D eigenvalue weighted by Crippen LogP contribution is 2.32. The first-order valence-electron chi connectivity index (χ1n) is 9.73. The van der Waals surface area contributed by atoms with Gasteiger partial charge < -0.3 is 14.4 Å². The molecule has 2 aliphatic heterocycles. The van der Waals surface area contributed by atoms with Gasteiger partial charge in [0.05, 0.1) is 13.3 Å². The first kappa shape index (κ1) is 18.4. The predicted octanol–water partition coefficient (Wildman–Crippen LogP) is 4.10. The van der Waals surface area contributed by atoms with Crippen molar-refractivity contribution in [3.8, 4) is 5.75 Å². The molecule has 0 aliphatic carbocycles. The molecule has 2 aliphatic rings. The fourth-order valence-corrected chi connectivity index (χ4v) is 4.96. The van der Waals surface area contributed by atoms with Gasteiger partial charge in [-0.3, -0.25) is 4.79 Å². The van der Waals surface area contributed by atoms with Crippen LogP contribution in [0.5, 0.6) is 5.75 Å². The Morgan fingerprint density at radius 2 is 2.11 bits per heavy atom. The summed E-state index contributed by atoms with van der Waals surface area (Å²) in [6.45, 7) is 2.42. The summed E-state index contributed by atoms with van der Waals surface area (Å²) in [5.41, 5.74) is 1.26. The van der Waals surface area contributed by atoms with Crippen LogP contribution in [-0.4, -0.2) is 42.6 Å². The fraction of sp³-hybridized carbons (Fsp3) is 0.524. The summed E-state index contributed by atoms with van der Waals surface area (Å²) in [4.78, 5) is 20.0. The van der Waals surface area contributed by atoms with Crippen LogP contribution in [0.1, 0.15) is 52.0 Å². The number of piperidine rings is 1. The summed E-state index contributed by atoms with van der Waals surface area (Å²) in [5, 5.41) is 0.946. The highest BCUT2D eigenvalue weighted by molar-refractivity contribution is 7.13. The SMILES string of the molecule is COc1ccccc1CC1CCN(C(=O)c2cnc(C3CCCO3)s2)CC1. The lowest BCUT2D eigenvalue weighted by Crippen LogP contribution is -2.38. The number of methoxy groups -OCH3 is 1. The smallest absolute Gasteiger partial charge is 0.265 e. The van der Waals surface area contributed by atoms with Crippen molar-refractivity contribution < 1.29 is 14.3 Å².